The van der Waals surface area contributed by atoms with Crippen LogP contribution < -0.4 is 10.6 Å². The molecular weight excluding hydrogens is 348 g/mol. The van der Waals surface area contributed by atoms with Crippen LogP contribution >= 0.6 is 0 Å². The predicted octanol–water partition coefficient (Wildman–Crippen LogP) is 3.15. The van der Waals surface area contributed by atoms with Crippen LogP contribution in [0.25, 0.3) is 0 Å². The van der Waals surface area contributed by atoms with Crippen LogP contribution in [0.5, 0.6) is 0 Å². The second kappa shape index (κ2) is 9.81. The van der Waals surface area contributed by atoms with Crippen LogP contribution in [0.4, 0.5) is 10.5 Å². The number of esters is 1. The summed E-state index contributed by atoms with van der Waals surface area (Å²) in [6, 6.07) is 13.8. The zero-order valence-electron chi connectivity index (χ0n) is 14.8. The number of amides is 3. The number of carbonyl (C=O) groups is 3. The zero-order chi connectivity index (χ0) is 19.6. The first kappa shape index (κ1) is 19.8. The molecule has 27 heavy (non-hydrogen) atoms. The van der Waals surface area contributed by atoms with Gasteiger partial charge in [-0.1, -0.05) is 30.3 Å². The molecule has 3 N–H and O–H groups in total. The van der Waals surface area contributed by atoms with Gasteiger partial charge in [0, 0.05) is 17.7 Å². The van der Waals surface area contributed by atoms with Crippen LogP contribution in [-0.4, -0.2) is 30.6 Å². The fourth-order valence-electron chi connectivity index (χ4n) is 2.37. The molecule has 2 aromatic rings. The molecule has 0 bridgehead atoms. The Hall–Kier alpha value is -3.55. The maximum atomic E-state index is 12.3. The highest BCUT2D eigenvalue weighted by Crippen LogP contribution is 2.11. The van der Waals surface area contributed by atoms with Crippen molar-refractivity contribution >= 4 is 23.6 Å². The van der Waals surface area contributed by atoms with Crippen LogP contribution in [0.1, 0.15) is 22.8 Å². The first-order chi connectivity index (χ1) is 13.0. The lowest BCUT2D eigenvalue weighted by Crippen LogP contribution is -2.45. The largest absolute Gasteiger partial charge is 0.464 e. The predicted molar refractivity (Wildman–Crippen MR) is 98.6 cm³/mol. The van der Waals surface area contributed by atoms with Crippen LogP contribution in [0.3, 0.4) is 0 Å². The van der Waals surface area contributed by atoms with Gasteiger partial charge in [-0.2, -0.15) is 0 Å². The van der Waals surface area contributed by atoms with Crippen molar-refractivity contribution in [2.45, 2.75) is 19.4 Å². The van der Waals surface area contributed by atoms with E-state index in [1.54, 1.807) is 6.92 Å². The molecule has 0 saturated heterocycles. The van der Waals surface area contributed by atoms with Crippen molar-refractivity contribution in [3.05, 3.63) is 65.7 Å². The van der Waals surface area contributed by atoms with Gasteiger partial charge in [0.2, 0.25) is 0 Å². The van der Waals surface area contributed by atoms with Gasteiger partial charge in [-0.25, -0.2) is 15.1 Å². The topological polar surface area (TPSA) is 121 Å². The normalized spacial score (nSPS) is 11.1. The molecule has 2 aromatic carbocycles. The lowest BCUT2D eigenvalue weighted by molar-refractivity contribution is -0.145. The number of ether oxygens (including phenoxy) is 1. The minimum absolute atomic E-state index is 0.212. The van der Waals surface area contributed by atoms with E-state index in [9.17, 15) is 14.4 Å². The Morgan fingerprint density at radius 2 is 1.74 bits per heavy atom. The summed E-state index contributed by atoms with van der Waals surface area (Å²) in [5, 5.41) is 8.03. The Balaban J connectivity index is 2.02. The van der Waals surface area contributed by atoms with E-state index in [1.165, 1.54) is 24.3 Å². The van der Waals surface area contributed by atoms with Crippen molar-refractivity contribution < 1.29 is 19.1 Å². The molecule has 2 rings (SSSR count). The number of rotatable bonds is 7. The number of hydrogen-bond donors (Lipinski definition) is 3. The van der Waals surface area contributed by atoms with Gasteiger partial charge >= 0.3 is 12.0 Å². The van der Waals surface area contributed by atoms with Gasteiger partial charge in [-0.15, -0.1) is 5.11 Å². The summed E-state index contributed by atoms with van der Waals surface area (Å²) >= 11 is 0. The zero-order valence-corrected chi connectivity index (χ0v) is 14.8. The van der Waals surface area contributed by atoms with Crippen molar-refractivity contribution in [2.75, 3.05) is 11.9 Å². The molecule has 0 spiro atoms. The van der Waals surface area contributed by atoms with Crippen LogP contribution in [0.15, 0.2) is 59.7 Å². The van der Waals surface area contributed by atoms with Gasteiger partial charge in [-0.05, 0) is 36.8 Å². The summed E-state index contributed by atoms with van der Waals surface area (Å²) in [6.45, 7) is 1.91. The quantitative estimate of drug-likeness (QED) is 0.513. The molecule has 0 aromatic heterocycles. The summed E-state index contributed by atoms with van der Waals surface area (Å²) in [7, 11) is 0. The van der Waals surface area contributed by atoms with Crippen LogP contribution in [-0.2, 0) is 16.0 Å². The number of benzene rings is 2. The van der Waals surface area contributed by atoms with Crippen LogP contribution in [0.2, 0.25) is 0 Å². The highest BCUT2D eigenvalue weighted by atomic mass is 16.5. The standard InChI is InChI=1S/C19H20N4O4/c1-2-27-18(25)16(12-13-6-4-3-5-7-13)22-19(26)21-15-10-8-14(9-11-15)17(24)23-20/h3-11,16,20H,2,12H2,1H3,(H2,21,22,26). The van der Waals surface area contributed by atoms with E-state index in [1.807, 2.05) is 30.3 Å². The van der Waals surface area contributed by atoms with Gasteiger partial charge < -0.3 is 15.4 Å². The molecule has 0 aliphatic rings. The molecule has 1 atom stereocenters. The van der Waals surface area contributed by atoms with Crippen molar-refractivity contribution in [1.29, 1.82) is 5.53 Å². The maximum absolute atomic E-state index is 12.3. The summed E-state index contributed by atoms with van der Waals surface area (Å²) in [5.74, 6) is -1.19. The van der Waals surface area contributed by atoms with Crippen LogP contribution in [0, 0.1) is 5.53 Å². The second-order valence-electron chi connectivity index (χ2n) is 5.59. The molecule has 0 fully saturated rings. The number of urea groups is 1. The molecule has 8 heteroatoms. The number of anilines is 1. The Labute approximate surface area is 156 Å². The van der Waals surface area contributed by atoms with E-state index in [0.29, 0.717) is 12.1 Å². The highest BCUT2D eigenvalue weighted by molar-refractivity contribution is 5.96. The second-order valence-corrected chi connectivity index (χ2v) is 5.59. The van der Waals surface area contributed by atoms with Crippen molar-refractivity contribution in [3.63, 3.8) is 0 Å². The van der Waals surface area contributed by atoms with Gasteiger partial charge in [0.25, 0.3) is 5.91 Å². The Morgan fingerprint density at radius 1 is 1.07 bits per heavy atom. The van der Waals surface area contributed by atoms with E-state index in [4.69, 9.17) is 10.3 Å². The monoisotopic (exact) mass is 368 g/mol. The van der Waals surface area contributed by atoms with Gasteiger partial charge in [0.05, 0.1) is 6.61 Å². The lowest BCUT2D eigenvalue weighted by atomic mass is 10.1. The number of carbonyl (C=O) groups excluding carboxylic acids is 3. The molecule has 0 aliphatic heterocycles. The first-order valence-corrected chi connectivity index (χ1v) is 8.33. The summed E-state index contributed by atoms with van der Waals surface area (Å²) in [5.41, 5.74) is 8.26. The summed E-state index contributed by atoms with van der Waals surface area (Å²) < 4.78 is 5.03. The summed E-state index contributed by atoms with van der Waals surface area (Å²) in [4.78, 5) is 35.7. The third kappa shape index (κ3) is 6.03. The minimum atomic E-state index is -0.838. The smallest absolute Gasteiger partial charge is 0.329 e. The highest BCUT2D eigenvalue weighted by Gasteiger charge is 2.22. The third-order valence-electron chi connectivity index (χ3n) is 3.65. The Kier molecular flexibility index (Phi) is 7.18. The first-order valence-electron chi connectivity index (χ1n) is 8.33. The Bertz CT molecular complexity index is 806. The Morgan fingerprint density at radius 3 is 2.33 bits per heavy atom. The van der Waals surface area contributed by atoms with E-state index in [2.05, 4.69) is 15.7 Å². The third-order valence-corrected chi connectivity index (χ3v) is 3.65. The van der Waals surface area contributed by atoms with E-state index in [-0.39, 0.29) is 12.2 Å². The average Bonchev–Trinajstić information content (AvgIpc) is 2.68. The van der Waals surface area contributed by atoms with E-state index < -0.39 is 23.9 Å². The van der Waals surface area contributed by atoms with Gasteiger partial charge in [0.15, 0.2) is 0 Å². The van der Waals surface area contributed by atoms with Crippen molar-refractivity contribution in [3.8, 4) is 0 Å². The van der Waals surface area contributed by atoms with E-state index >= 15 is 0 Å². The molecule has 0 radical (unpaired) electrons. The van der Waals surface area contributed by atoms with Gasteiger partial charge in [-0.3, -0.25) is 4.79 Å². The fourth-order valence-corrected chi connectivity index (χ4v) is 2.37. The summed E-state index contributed by atoms with van der Waals surface area (Å²) in [6.07, 6.45) is 0.297. The van der Waals surface area contributed by atoms with E-state index in [0.717, 1.165) is 5.56 Å². The fraction of sp³-hybridized carbons (Fsp3) is 0.211. The van der Waals surface area contributed by atoms with Gasteiger partial charge in [0.1, 0.15) is 6.04 Å². The molecule has 3 amide bonds. The average molecular weight is 368 g/mol. The molecule has 8 nitrogen and oxygen atoms in total. The SMILES string of the molecule is CCOC(=O)C(Cc1ccccc1)NC(=O)Nc1ccc(C(=O)N=N)cc1. The lowest BCUT2D eigenvalue weighted by Gasteiger charge is -2.18. The number of nitrogens with one attached hydrogen (secondary N) is 3. The molecule has 0 saturated carbocycles. The maximum Gasteiger partial charge on any atom is 0.329 e. The minimum Gasteiger partial charge on any atom is -0.464 e. The molecule has 1 unspecified atom stereocenters. The molecule has 140 valence electrons. The molecule has 0 heterocycles. The van der Waals surface area contributed by atoms with Crippen molar-refractivity contribution in [2.24, 2.45) is 5.11 Å². The molecular formula is C19H20N4O4. The molecule has 0 aliphatic carbocycles. The van der Waals surface area contributed by atoms with Crippen molar-refractivity contribution in [1.82, 2.24) is 5.32 Å². The number of nitrogens with zero attached hydrogens (tertiary/aromatic N) is 1. The number of hydrogen-bond acceptors (Lipinski definition) is 5.